The normalized spacial score (nSPS) is 24.4. The fourth-order valence-electron chi connectivity index (χ4n) is 4.08. The second-order valence-corrected chi connectivity index (χ2v) is 9.03. The third-order valence-corrected chi connectivity index (χ3v) is 5.69. The summed E-state index contributed by atoms with van der Waals surface area (Å²) in [6, 6.07) is 1.10. The molecule has 1 unspecified atom stereocenters. The van der Waals surface area contributed by atoms with E-state index in [1.807, 2.05) is 21.6 Å². The molecule has 2 aliphatic rings. The van der Waals surface area contributed by atoms with Gasteiger partial charge in [-0.3, -0.25) is 9.80 Å². The number of alkyl halides is 3. The average Bonchev–Trinajstić information content (AvgIpc) is 3.31. The second-order valence-electron chi connectivity index (χ2n) is 9.03. The summed E-state index contributed by atoms with van der Waals surface area (Å²) in [6.45, 7) is 5.80. The van der Waals surface area contributed by atoms with E-state index < -0.39 is 36.4 Å². The van der Waals surface area contributed by atoms with Crippen molar-refractivity contribution in [2.75, 3.05) is 13.1 Å². The maximum absolute atomic E-state index is 13.5. The van der Waals surface area contributed by atoms with Crippen LogP contribution in [-0.2, 0) is 4.79 Å². The Hall–Kier alpha value is -2.17. The summed E-state index contributed by atoms with van der Waals surface area (Å²) in [5.41, 5.74) is -0.344. The first kappa shape index (κ1) is 23.5. The maximum Gasteiger partial charge on any atom is 0.407 e. The lowest BCUT2D eigenvalue weighted by Crippen LogP contribution is -2.54. The van der Waals surface area contributed by atoms with E-state index in [-0.39, 0.29) is 30.6 Å². The van der Waals surface area contributed by atoms with E-state index in [1.165, 1.54) is 4.90 Å². The first-order chi connectivity index (χ1) is 14.3. The molecular weight excluding hydrogens is 413 g/mol. The lowest BCUT2D eigenvalue weighted by atomic mass is 9.53. The molecule has 0 saturated carbocycles. The van der Waals surface area contributed by atoms with Crippen molar-refractivity contribution in [3.63, 3.8) is 0 Å². The highest BCUT2D eigenvalue weighted by atomic mass is 19.4. The highest BCUT2D eigenvalue weighted by Crippen LogP contribution is 2.32. The van der Waals surface area contributed by atoms with Crippen LogP contribution in [0.5, 0.6) is 0 Å². The zero-order chi connectivity index (χ0) is 23.1. The smallest absolute Gasteiger partial charge is 0.391 e. The van der Waals surface area contributed by atoms with E-state index in [0.717, 1.165) is 10.6 Å². The number of halogens is 3. The van der Waals surface area contributed by atoms with Gasteiger partial charge in [-0.05, 0) is 25.8 Å². The molecule has 0 spiro atoms. The summed E-state index contributed by atoms with van der Waals surface area (Å²) in [4.78, 5) is 15.0. The second kappa shape index (κ2) is 8.40. The molecule has 1 aromatic rings. The number of amides is 1. The van der Waals surface area contributed by atoms with Crippen LogP contribution in [0.3, 0.4) is 0 Å². The number of nitrogens with zero attached hydrogens (tertiary/aromatic N) is 4. The topological polar surface area (TPSA) is 94.2 Å². The molecule has 170 valence electrons. The molecule has 1 fully saturated rings. The molecule has 1 aromatic heterocycles. The molecule has 1 saturated heterocycles. The summed E-state index contributed by atoms with van der Waals surface area (Å²) in [5.74, 6) is -0.320. The van der Waals surface area contributed by atoms with Gasteiger partial charge in [0, 0.05) is 18.6 Å². The molecule has 1 amide bonds. The number of likely N-dealkylation sites (tertiary alicyclic amines) is 1. The van der Waals surface area contributed by atoms with E-state index in [9.17, 15) is 23.1 Å². The number of aromatic nitrogens is 1. The van der Waals surface area contributed by atoms with Gasteiger partial charge in [0.1, 0.15) is 36.9 Å². The van der Waals surface area contributed by atoms with Crippen LogP contribution in [0.4, 0.5) is 13.2 Å². The summed E-state index contributed by atoms with van der Waals surface area (Å²) in [7, 11) is 2.59. The van der Waals surface area contributed by atoms with Gasteiger partial charge in [0.05, 0.1) is 19.9 Å². The fourth-order valence-corrected chi connectivity index (χ4v) is 4.08. The molecule has 8 nitrogen and oxygen atoms in total. The molecule has 0 aromatic carbocycles. The van der Waals surface area contributed by atoms with Crippen LogP contribution in [0.1, 0.15) is 45.8 Å². The highest BCUT2D eigenvalue weighted by molar-refractivity contribution is 6.97. The predicted molar refractivity (Wildman–Crippen MR) is 113 cm³/mol. The molecule has 3 atom stereocenters. The van der Waals surface area contributed by atoms with Crippen molar-refractivity contribution in [3.8, 4) is 0 Å². The van der Waals surface area contributed by atoms with Crippen molar-refractivity contribution in [2.45, 2.75) is 64.0 Å². The van der Waals surface area contributed by atoms with Crippen LogP contribution in [0.15, 0.2) is 15.7 Å². The minimum atomic E-state index is -4.42. The van der Waals surface area contributed by atoms with Gasteiger partial charge in [0.2, 0.25) is 5.91 Å². The van der Waals surface area contributed by atoms with Crippen LogP contribution in [0.25, 0.3) is 0 Å². The molecule has 2 N–H and O–H groups in total. The predicted octanol–water partition coefficient (Wildman–Crippen LogP) is -0.497. The van der Waals surface area contributed by atoms with Crippen molar-refractivity contribution in [1.29, 1.82) is 0 Å². The summed E-state index contributed by atoms with van der Waals surface area (Å²) < 4.78 is 44.3. The Kier molecular flexibility index (Phi) is 6.37. The maximum atomic E-state index is 13.5. The minimum Gasteiger partial charge on any atom is -0.391 e. The van der Waals surface area contributed by atoms with E-state index in [1.54, 1.807) is 19.9 Å². The monoisotopic (exact) mass is 441 g/mol. The summed E-state index contributed by atoms with van der Waals surface area (Å²) >= 11 is 0. The lowest BCUT2D eigenvalue weighted by molar-refractivity contribution is -0.156. The van der Waals surface area contributed by atoms with Gasteiger partial charge in [-0.15, -0.1) is 0 Å². The third kappa shape index (κ3) is 5.02. The quantitative estimate of drug-likeness (QED) is 0.579. The van der Waals surface area contributed by atoms with E-state index >= 15 is 0 Å². The molecule has 13 heteroatoms. The number of hydrazone groups is 1. The first-order valence-electron chi connectivity index (χ1n) is 10.5. The van der Waals surface area contributed by atoms with Crippen LogP contribution in [0.2, 0.25) is 0 Å². The number of rotatable bonds is 6. The SMILES string of the molecule is BBc1cc(C(C(=O)N2C[C@H](O)C[C@H]2C2=NN(CC(F)(F)F)C(C)(C)N2)C(C)C)on1. The number of nitrogens with one attached hydrogen (secondary N) is 1. The van der Waals surface area contributed by atoms with E-state index in [4.69, 9.17) is 4.52 Å². The summed E-state index contributed by atoms with van der Waals surface area (Å²) in [6.07, 6.45) is -5.03. The lowest BCUT2D eigenvalue weighted by Gasteiger charge is -2.32. The largest absolute Gasteiger partial charge is 0.407 e. The van der Waals surface area contributed by atoms with Gasteiger partial charge in [-0.1, -0.05) is 19.0 Å². The number of amidine groups is 1. The zero-order valence-electron chi connectivity index (χ0n) is 18.4. The van der Waals surface area contributed by atoms with Crippen LogP contribution in [0, 0.1) is 5.92 Å². The molecule has 3 heterocycles. The Morgan fingerprint density at radius 3 is 2.71 bits per heavy atom. The number of carbonyl (C=O) groups excluding carboxylic acids is 1. The van der Waals surface area contributed by atoms with Gasteiger partial charge in [0.15, 0.2) is 0 Å². The van der Waals surface area contributed by atoms with Crippen molar-refractivity contribution in [3.05, 3.63) is 11.8 Å². The fraction of sp³-hybridized carbons (Fsp3) is 0.722. The van der Waals surface area contributed by atoms with Crippen LogP contribution >= 0.6 is 0 Å². The zero-order valence-corrected chi connectivity index (χ0v) is 18.4. The third-order valence-electron chi connectivity index (χ3n) is 5.69. The number of carbonyl (C=O) groups is 1. The van der Waals surface area contributed by atoms with Gasteiger partial charge < -0.3 is 19.8 Å². The van der Waals surface area contributed by atoms with Gasteiger partial charge in [-0.25, -0.2) is 0 Å². The first-order valence-corrected chi connectivity index (χ1v) is 10.5. The Bertz CT molecular complexity index is 846. The molecule has 0 radical (unpaired) electrons. The van der Waals surface area contributed by atoms with Crippen molar-refractivity contribution in [1.82, 2.24) is 20.4 Å². The van der Waals surface area contributed by atoms with Crippen molar-refractivity contribution >= 4 is 32.2 Å². The number of aliphatic hydroxyl groups excluding tert-OH is 1. The molecule has 3 rings (SSSR count). The minimum absolute atomic E-state index is 0.0713. The van der Waals surface area contributed by atoms with E-state index in [0.29, 0.717) is 12.9 Å². The Labute approximate surface area is 180 Å². The molecular formula is C18H28B2F3N5O3. The number of aliphatic hydroxyl groups is 1. The number of hydrogen-bond donors (Lipinski definition) is 2. The summed E-state index contributed by atoms with van der Waals surface area (Å²) in [5, 5.41) is 22.4. The number of hydrogen-bond acceptors (Lipinski definition) is 7. The number of β-amino-alcohol motifs (C(OH)–C–C–N with tert-alkyl or cyclic N) is 1. The highest BCUT2D eigenvalue weighted by Gasteiger charge is 2.47. The standard InChI is InChI=1S/C18H28B2F3N5O3/c1-9(2)14(12-6-13(20-19)26-31-12)16(30)27-7-10(29)5-11(27)15-24-17(3,4)28(25-15)8-18(21,22)23/h6,9-11,14,20,29H,5,7-8,19H2,1-4H3,(H,24,25)/t10-,11+,14?/m1/s1. The van der Waals surface area contributed by atoms with Gasteiger partial charge in [0.25, 0.3) is 0 Å². The molecule has 2 aliphatic heterocycles. The molecule has 31 heavy (non-hydrogen) atoms. The molecule has 0 bridgehead atoms. The molecule has 0 aliphatic carbocycles. The van der Waals surface area contributed by atoms with E-state index in [2.05, 4.69) is 15.6 Å². The van der Waals surface area contributed by atoms with Crippen LogP contribution in [-0.4, -0.2) is 83.9 Å². The Balaban J connectivity index is 1.88. The van der Waals surface area contributed by atoms with Gasteiger partial charge in [-0.2, -0.15) is 18.3 Å². The van der Waals surface area contributed by atoms with Crippen molar-refractivity contribution < 1.29 is 27.6 Å². The Morgan fingerprint density at radius 2 is 2.16 bits per heavy atom. The van der Waals surface area contributed by atoms with Crippen molar-refractivity contribution in [2.24, 2.45) is 11.0 Å². The van der Waals surface area contributed by atoms with Crippen LogP contribution < -0.4 is 10.9 Å². The van der Waals surface area contributed by atoms with Gasteiger partial charge >= 0.3 is 6.18 Å². The average molecular weight is 441 g/mol. The Morgan fingerprint density at radius 1 is 1.48 bits per heavy atom.